The van der Waals surface area contributed by atoms with Crippen LogP contribution in [0.4, 0.5) is 0 Å². The van der Waals surface area contributed by atoms with E-state index in [0.717, 1.165) is 31.0 Å². The lowest BCUT2D eigenvalue weighted by atomic mass is 10.3. The molecule has 20 heavy (non-hydrogen) atoms. The van der Waals surface area contributed by atoms with Crippen LogP contribution in [0.15, 0.2) is 36.5 Å². The third-order valence-electron chi connectivity index (χ3n) is 3.04. The predicted octanol–water partition coefficient (Wildman–Crippen LogP) is 1.70. The Labute approximate surface area is 120 Å². The zero-order valence-corrected chi connectivity index (χ0v) is 12.3. The number of nitrogens with one attached hydrogen (secondary N) is 1. The number of unbranched alkanes of at least 4 members (excludes halogenated alkanes) is 1. The maximum Gasteiger partial charge on any atom is 0.0969 e. The van der Waals surface area contributed by atoms with Gasteiger partial charge in [-0.15, -0.1) is 0 Å². The summed E-state index contributed by atoms with van der Waals surface area (Å²) in [5.74, 6) is 0. The molecule has 108 valence electrons. The van der Waals surface area contributed by atoms with Crippen molar-refractivity contribution in [2.45, 2.75) is 19.4 Å². The molecule has 0 spiro atoms. The van der Waals surface area contributed by atoms with Crippen molar-refractivity contribution in [3.8, 4) is 5.69 Å². The monoisotopic (exact) mass is 273 g/mol. The van der Waals surface area contributed by atoms with Crippen molar-refractivity contribution in [1.82, 2.24) is 25.2 Å². The fourth-order valence-corrected chi connectivity index (χ4v) is 1.96. The van der Waals surface area contributed by atoms with E-state index < -0.39 is 0 Å². The van der Waals surface area contributed by atoms with E-state index in [9.17, 15) is 0 Å². The highest BCUT2D eigenvalue weighted by molar-refractivity contribution is 5.28. The van der Waals surface area contributed by atoms with Gasteiger partial charge in [-0.25, -0.2) is 0 Å². The standard InChI is InChI=1S/C15H23N5/c1-19(2)11-7-6-10-16-12-14-13-17-20(18-14)15-8-4-3-5-9-15/h3-5,8-9,13,16H,6-7,10-12H2,1-2H3. The molecule has 2 rings (SSSR count). The van der Waals surface area contributed by atoms with E-state index in [4.69, 9.17) is 0 Å². The van der Waals surface area contributed by atoms with Crippen LogP contribution in [0.3, 0.4) is 0 Å². The molecule has 1 heterocycles. The minimum absolute atomic E-state index is 0.773. The van der Waals surface area contributed by atoms with E-state index in [1.54, 1.807) is 4.80 Å². The van der Waals surface area contributed by atoms with E-state index in [1.807, 2.05) is 36.5 Å². The van der Waals surface area contributed by atoms with E-state index in [2.05, 4.69) is 34.5 Å². The number of benzene rings is 1. The molecule has 0 saturated carbocycles. The molecular weight excluding hydrogens is 250 g/mol. The largest absolute Gasteiger partial charge is 0.311 e. The van der Waals surface area contributed by atoms with Crippen molar-refractivity contribution in [3.05, 3.63) is 42.2 Å². The van der Waals surface area contributed by atoms with Crippen LogP contribution in [-0.4, -0.2) is 47.1 Å². The Hall–Kier alpha value is -1.72. The predicted molar refractivity (Wildman–Crippen MR) is 80.9 cm³/mol. The van der Waals surface area contributed by atoms with E-state index >= 15 is 0 Å². The van der Waals surface area contributed by atoms with Crippen LogP contribution in [0.25, 0.3) is 5.69 Å². The zero-order chi connectivity index (χ0) is 14.2. The second kappa shape index (κ2) is 7.77. The molecule has 0 saturated heterocycles. The van der Waals surface area contributed by atoms with Gasteiger partial charge in [-0.1, -0.05) is 18.2 Å². The van der Waals surface area contributed by atoms with Gasteiger partial charge >= 0.3 is 0 Å². The number of para-hydroxylation sites is 1. The second-order valence-corrected chi connectivity index (χ2v) is 5.15. The van der Waals surface area contributed by atoms with Gasteiger partial charge in [-0.2, -0.15) is 15.0 Å². The summed E-state index contributed by atoms with van der Waals surface area (Å²) in [7, 11) is 4.21. The maximum atomic E-state index is 4.46. The third-order valence-corrected chi connectivity index (χ3v) is 3.04. The normalized spacial score (nSPS) is 11.2. The van der Waals surface area contributed by atoms with E-state index in [0.29, 0.717) is 0 Å². The first-order valence-electron chi connectivity index (χ1n) is 7.08. The van der Waals surface area contributed by atoms with Gasteiger partial charge in [0.15, 0.2) is 0 Å². The first-order valence-corrected chi connectivity index (χ1v) is 7.08. The highest BCUT2D eigenvalue weighted by atomic mass is 15.5. The van der Waals surface area contributed by atoms with E-state index in [-0.39, 0.29) is 0 Å². The van der Waals surface area contributed by atoms with Crippen molar-refractivity contribution >= 4 is 0 Å². The zero-order valence-electron chi connectivity index (χ0n) is 12.3. The van der Waals surface area contributed by atoms with Crippen LogP contribution < -0.4 is 5.32 Å². The summed E-state index contributed by atoms with van der Waals surface area (Å²) in [5, 5.41) is 12.2. The molecule has 0 fully saturated rings. The quantitative estimate of drug-likeness (QED) is 0.744. The van der Waals surface area contributed by atoms with Gasteiger partial charge in [-0.3, -0.25) is 0 Å². The molecule has 1 aromatic heterocycles. The summed E-state index contributed by atoms with van der Waals surface area (Å²) in [5.41, 5.74) is 1.96. The summed E-state index contributed by atoms with van der Waals surface area (Å²) >= 11 is 0. The molecular formula is C15H23N5. The fraction of sp³-hybridized carbons (Fsp3) is 0.467. The molecule has 2 aromatic rings. The van der Waals surface area contributed by atoms with Gasteiger partial charge in [0, 0.05) is 6.54 Å². The first-order chi connectivity index (χ1) is 9.75. The van der Waals surface area contributed by atoms with Gasteiger partial charge < -0.3 is 10.2 Å². The van der Waals surface area contributed by atoms with Crippen LogP contribution in [0.2, 0.25) is 0 Å². The Bertz CT molecular complexity index is 492. The Kier molecular flexibility index (Phi) is 5.70. The molecule has 0 bridgehead atoms. The van der Waals surface area contributed by atoms with Gasteiger partial charge in [-0.05, 0) is 52.2 Å². The highest BCUT2D eigenvalue weighted by Gasteiger charge is 2.01. The van der Waals surface area contributed by atoms with Crippen LogP contribution >= 0.6 is 0 Å². The average Bonchev–Trinajstić information content (AvgIpc) is 2.92. The van der Waals surface area contributed by atoms with Crippen LogP contribution in [0, 0.1) is 0 Å². The Balaban J connectivity index is 1.71. The van der Waals surface area contributed by atoms with Crippen LogP contribution in [0.1, 0.15) is 18.5 Å². The van der Waals surface area contributed by atoms with E-state index in [1.165, 1.54) is 12.8 Å². The maximum absolute atomic E-state index is 4.46. The van der Waals surface area contributed by atoms with Gasteiger partial charge in [0.05, 0.1) is 17.6 Å². The smallest absolute Gasteiger partial charge is 0.0969 e. The van der Waals surface area contributed by atoms with Crippen molar-refractivity contribution in [1.29, 1.82) is 0 Å². The molecule has 0 aliphatic heterocycles. The van der Waals surface area contributed by atoms with Crippen molar-refractivity contribution < 1.29 is 0 Å². The second-order valence-electron chi connectivity index (χ2n) is 5.15. The van der Waals surface area contributed by atoms with Gasteiger partial charge in [0.1, 0.15) is 0 Å². The molecule has 5 heteroatoms. The number of hydrogen-bond donors (Lipinski definition) is 1. The molecule has 0 aliphatic rings. The molecule has 0 radical (unpaired) electrons. The highest BCUT2D eigenvalue weighted by Crippen LogP contribution is 2.04. The number of rotatable bonds is 8. The summed E-state index contributed by atoms with van der Waals surface area (Å²) in [4.78, 5) is 3.88. The molecule has 1 N–H and O–H groups in total. The first kappa shape index (κ1) is 14.7. The summed E-state index contributed by atoms with van der Waals surface area (Å²) in [6, 6.07) is 9.96. The summed E-state index contributed by atoms with van der Waals surface area (Å²) < 4.78 is 0. The summed E-state index contributed by atoms with van der Waals surface area (Å²) in [6.07, 6.45) is 4.22. The molecule has 0 amide bonds. The molecule has 1 aromatic carbocycles. The minimum Gasteiger partial charge on any atom is -0.311 e. The molecule has 0 unspecified atom stereocenters. The van der Waals surface area contributed by atoms with Gasteiger partial charge in [0.25, 0.3) is 0 Å². The topological polar surface area (TPSA) is 46.0 Å². The lowest BCUT2D eigenvalue weighted by Crippen LogP contribution is -2.18. The van der Waals surface area contributed by atoms with Crippen molar-refractivity contribution in [3.63, 3.8) is 0 Å². The molecule has 0 aliphatic carbocycles. The fourth-order valence-electron chi connectivity index (χ4n) is 1.96. The number of aromatic nitrogens is 3. The Morgan fingerprint density at radius 1 is 1.15 bits per heavy atom. The summed E-state index contributed by atoms with van der Waals surface area (Å²) in [6.45, 7) is 2.94. The lowest BCUT2D eigenvalue weighted by Gasteiger charge is -2.08. The third kappa shape index (κ3) is 4.75. The SMILES string of the molecule is CN(C)CCCCNCc1cnn(-c2ccccc2)n1. The number of hydrogen-bond acceptors (Lipinski definition) is 4. The minimum atomic E-state index is 0.773. The van der Waals surface area contributed by atoms with Gasteiger partial charge in [0.2, 0.25) is 0 Å². The lowest BCUT2D eigenvalue weighted by molar-refractivity contribution is 0.391. The molecule has 5 nitrogen and oxygen atoms in total. The number of nitrogens with zero attached hydrogens (tertiary/aromatic N) is 4. The Morgan fingerprint density at radius 2 is 1.95 bits per heavy atom. The van der Waals surface area contributed by atoms with Crippen molar-refractivity contribution in [2.24, 2.45) is 0 Å². The van der Waals surface area contributed by atoms with Crippen LogP contribution in [0.5, 0.6) is 0 Å². The average molecular weight is 273 g/mol. The Morgan fingerprint density at radius 3 is 2.70 bits per heavy atom. The van der Waals surface area contributed by atoms with Crippen LogP contribution in [-0.2, 0) is 6.54 Å². The molecule has 0 atom stereocenters. The van der Waals surface area contributed by atoms with Crippen molar-refractivity contribution in [2.75, 3.05) is 27.2 Å².